The predicted molar refractivity (Wildman–Crippen MR) is 59.2 cm³/mol. The largest absolute Gasteiger partial charge is 0.394 e. The molecule has 2 atom stereocenters. The van der Waals surface area contributed by atoms with E-state index in [4.69, 9.17) is 15.3 Å². The molecule has 0 aromatic carbocycles. The zero-order valence-electron chi connectivity index (χ0n) is 8.54. The average Bonchev–Trinajstić information content (AvgIpc) is 2.74. The third-order valence-electron chi connectivity index (χ3n) is 2.62. The molecule has 0 radical (unpaired) electrons. The van der Waals surface area contributed by atoms with Crippen LogP contribution >= 0.6 is 12.8 Å². The number of nitrogens with zero attached hydrogens (tertiary/aromatic N) is 2. The van der Waals surface area contributed by atoms with Crippen molar-refractivity contribution >= 4 is 12.8 Å². The van der Waals surface area contributed by atoms with E-state index in [1.165, 1.54) is 16.8 Å². The highest BCUT2D eigenvalue weighted by molar-refractivity contribution is 7.78. The van der Waals surface area contributed by atoms with Gasteiger partial charge >= 0.3 is 5.69 Å². The molecule has 6 nitrogen and oxygen atoms in total. The molecule has 1 aliphatic heterocycles. The molecular weight excluding hydrogens is 230 g/mol. The van der Waals surface area contributed by atoms with Gasteiger partial charge in [-0.1, -0.05) is 12.8 Å². The van der Waals surface area contributed by atoms with E-state index >= 15 is 0 Å². The Morgan fingerprint density at radius 3 is 3.00 bits per heavy atom. The van der Waals surface area contributed by atoms with E-state index in [1.807, 2.05) is 0 Å². The number of aliphatic hydroxyl groups excluding tert-OH is 1. The van der Waals surface area contributed by atoms with Crippen LogP contribution in [0.5, 0.6) is 0 Å². The third-order valence-corrected chi connectivity index (χ3v) is 3.01. The maximum atomic E-state index is 11.8. The monoisotopic (exact) mass is 243 g/mol. The van der Waals surface area contributed by atoms with Crippen molar-refractivity contribution in [3.05, 3.63) is 28.2 Å². The molecule has 1 aromatic heterocycles. The molecule has 88 valence electrons. The minimum Gasteiger partial charge on any atom is -0.394 e. The molecule has 1 saturated heterocycles. The summed E-state index contributed by atoms with van der Waals surface area (Å²) in [7, 11) is 0. The van der Waals surface area contributed by atoms with Crippen molar-refractivity contribution in [2.75, 3.05) is 6.61 Å². The molecule has 1 aromatic rings. The zero-order valence-corrected chi connectivity index (χ0v) is 9.43. The molecule has 1 fully saturated rings. The van der Waals surface area contributed by atoms with E-state index in [0.29, 0.717) is 6.42 Å². The summed E-state index contributed by atoms with van der Waals surface area (Å²) >= 11 is 3.91. The van der Waals surface area contributed by atoms with Crippen LogP contribution < -0.4 is 11.2 Å². The number of hydrogen-bond acceptors (Lipinski definition) is 5. The Morgan fingerprint density at radius 1 is 1.62 bits per heavy atom. The lowest BCUT2D eigenvalue weighted by atomic mass is 10.2. The molecule has 7 heteroatoms. The summed E-state index contributed by atoms with van der Waals surface area (Å²) < 4.78 is 7.82. The Morgan fingerprint density at radius 2 is 2.38 bits per heavy atom. The topological polar surface area (TPSA) is 80.2 Å². The molecule has 2 rings (SSSR count). The van der Waals surface area contributed by atoms with E-state index in [9.17, 15) is 4.79 Å². The van der Waals surface area contributed by atoms with Crippen LogP contribution in [0.25, 0.3) is 0 Å². The fourth-order valence-electron chi connectivity index (χ4n) is 1.74. The van der Waals surface area contributed by atoms with Gasteiger partial charge in [0, 0.05) is 6.20 Å². The summed E-state index contributed by atoms with van der Waals surface area (Å²) in [5.74, 6) is 0. The highest BCUT2D eigenvalue weighted by Gasteiger charge is 2.26. The van der Waals surface area contributed by atoms with Crippen molar-refractivity contribution in [3.8, 4) is 0 Å². The highest BCUT2D eigenvalue weighted by atomic mass is 32.1. The standard InChI is InChI=1S/C9H13N3O3S/c10-7-3-4-11(9(14)12(7)16)8-2-1-6(5-13)15-8/h3-4,6,8,10,13,16H,1-2,5H2/t6-,8+/m0/s1. The van der Waals surface area contributed by atoms with E-state index in [2.05, 4.69) is 12.8 Å². The second kappa shape index (κ2) is 4.44. The smallest absolute Gasteiger partial charge is 0.341 e. The van der Waals surface area contributed by atoms with E-state index in [1.54, 1.807) is 0 Å². The summed E-state index contributed by atoms with van der Waals surface area (Å²) in [4.78, 5) is 11.8. The van der Waals surface area contributed by atoms with Gasteiger partial charge < -0.3 is 9.84 Å². The van der Waals surface area contributed by atoms with Gasteiger partial charge in [0.2, 0.25) is 0 Å². The van der Waals surface area contributed by atoms with Crippen LogP contribution in [0.15, 0.2) is 17.1 Å². The predicted octanol–water partition coefficient (Wildman–Crippen LogP) is -0.508. The number of thiol groups is 1. The van der Waals surface area contributed by atoms with Gasteiger partial charge in [-0.2, -0.15) is 0 Å². The van der Waals surface area contributed by atoms with Crippen molar-refractivity contribution in [3.63, 3.8) is 0 Å². The van der Waals surface area contributed by atoms with Crippen molar-refractivity contribution in [2.45, 2.75) is 25.2 Å². The average molecular weight is 243 g/mol. The minimum atomic E-state index is -0.403. The number of hydrogen-bond donors (Lipinski definition) is 3. The van der Waals surface area contributed by atoms with Crippen LogP contribution in [-0.2, 0) is 4.74 Å². The quantitative estimate of drug-likeness (QED) is 0.612. The Labute approximate surface area is 97.2 Å². The summed E-state index contributed by atoms with van der Waals surface area (Å²) in [5.41, 5.74) is -0.374. The Kier molecular flexibility index (Phi) is 3.17. The van der Waals surface area contributed by atoms with Gasteiger partial charge in [-0.15, -0.1) is 0 Å². The molecule has 0 bridgehead atoms. The van der Waals surface area contributed by atoms with Gasteiger partial charge in [-0.3, -0.25) is 9.98 Å². The summed E-state index contributed by atoms with van der Waals surface area (Å²) in [6.45, 7) is -0.0390. The maximum absolute atomic E-state index is 11.8. The molecule has 0 spiro atoms. The van der Waals surface area contributed by atoms with Gasteiger partial charge in [0.25, 0.3) is 0 Å². The summed E-state index contributed by atoms with van der Waals surface area (Å²) in [5, 5.41) is 16.3. The number of rotatable bonds is 2. The lowest BCUT2D eigenvalue weighted by molar-refractivity contribution is -0.0247. The molecule has 0 saturated carbocycles. The SMILES string of the molecule is N=c1ccn([C@H]2CC[C@@H](CO)O2)c(=O)n1S. The Bertz CT molecular complexity index is 496. The maximum Gasteiger partial charge on any atom is 0.341 e. The van der Waals surface area contributed by atoms with Crippen LogP contribution in [-0.4, -0.2) is 26.4 Å². The number of aromatic nitrogens is 2. The molecule has 2 N–H and O–H groups in total. The fraction of sp³-hybridized carbons (Fsp3) is 0.556. The van der Waals surface area contributed by atoms with Crippen LogP contribution in [0.4, 0.5) is 0 Å². The lowest BCUT2D eigenvalue weighted by Crippen LogP contribution is -2.36. The van der Waals surface area contributed by atoms with Gasteiger partial charge in [-0.25, -0.2) is 8.77 Å². The summed E-state index contributed by atoms with van der Waals surface area (Å²) in [6, 6.07) is 1.48. The first-order chi connectivity index (χ1) is 7.63. The van der Waals surface area contributed by atoms with Crippen LogP contribution in [0, 0.1) is 5.41 Å². The first kappa shape index (κ1) is 11.4. The van der Waals surface area contributed by atoms with Crippen molar-refractivity contribution in [1.29, 1.82) is 5.41 Å². The van der Waals surface area contributed by atoms with Gasteiger partial charge in [0.05, 0.1) is 12.7 Å². The molecule has 1 aliphatic rings. The summed E-state index contributed by atoms with van der Waals surface area (Å²) in [6.07, 6.45) is 2.34. The van der Waals surface area contributed by atoms with Crippen molar-refractivity contribution in [1.82, 2.24) is 8.54 Å². The van der Waals surface area contributed by atoms with E-state index in [-0.39, 0.29) is 24.4 Å². The number of nitrogens with one attached hydrogen (secondary N) is 1. The highest BCUT2D eigenvalue weighted by Crippen LogP contribution is 2.26. The number of ether oxygens (including phenoxy) is 1. The lowest BCUT2D eigenvalue weighted by Gasteiger charge is -2.15. The first-order valence-corrected chi connectivity index (χ1v) is 5.38. The first-order valence-electron chi connectivity index (χ1n) is 4.98. The zero-order chi connectivity index (χ0) is 11.7. The van der Waals surface area contributed by atoms with Crippen LogP contribution in [0.2, 0.25) is 0 Å². The second-order valence-electron chi connectivity index (χ2n) is 3.68. The van der Waals surface area contributed by atoms with E-state index < -0.39 is 5.69 Å². The van der Waals surface area contributed by atoms with Crippen LogP contribution in [0.3, 0.4) is 0 Å². The fourth-order valence-corrected chi connectivity index (χ4v) is 1.91. The Hall–Kier alpha value is -1.05. The normalized spacial score (nSPS) is 24.9. The molecule has 16 heavy (non-hydrogen) atoms. The van der Waals surface area contributed by atoms with Crippen LogP contribution in [0.1, 0.15) is 19.1 Å². The number of aliphatic hydroxyl groups is 1. The van der Waals surface area contributed by atoms with Gasteiger partial charge in [0.1, 0.15) is 11.7 Å². The molecule has 0 amide bonds. The minimum absolute atomic E-state index is 0.0290. The third kappa shape index (κ3) is 1.93. The molecule has 0 unspecified atom stereocenters. The van der Waals surface area contributed by atoms with Gasteiger partial charge in [0.15, 0.2) is 0 Å². The molecule has 2 heterocycles. The molecular formula is C9H13N3O3S. The second-order valence-corrected chi connectivity index (χ2v) is 4.08. The molecule has 0 aliphatic carbocycles. The van der Waals surface area contributed by atoms with Gasteiger partial charge in [-0.05, 0) is 18.9 Å². The Balaban J connectivity index is 2.33. The van der Waals surface area contributed by atoms with Crippen molar-refractivity contribution in [2.24, 2.45) is 0 Å². The van der Waals surface area contributed by atoms with Crippen molar-refractivity contribution < 1.29 is 9.84 Å². The van der Waals surface area contributed by atoms with E-state index in [0.717, 1.165) is 10.4 Å².